The molecule has 0 aliphatic rings. The number of hydrogen-bond donors (Lipinski definition) is 1. The maximum absolute atomic E-state index is 11.9. The summed E-state index contributed by atoms with van der Waals surface area (Å²) in [4.78, 5) is 0. The van der Waals surface area contributed by atoms with Crippen LogP contribution in [-0.4, -0.2) is 23.5 Å². The highest BCUT2D eigenvalue weighted by molar-refractivity contribution is 4.99. The number of aromatic nitrogens is 2. The molecule has 0 spiro atoms. The second kappa shape index (κ2) is 4.08. The summed E-state index contributed by atoms with van der Waals surface area (Å²) in [5.41, 5.74) is 1.02. The number of nitrogens with one attached hydrogen (secondary N) is 1. The second-order valence-electron chi connectivity index (χ2n) is 2.26. The van der Waals surface area contributed by atoms with E-state index >= 15 is 0 Å². The zero-order chi connectivity index (χ0) is 8.10. The fraction of sp³-hybridized carbons (Fsp3) is 0.571. The Morgan fingerprint density at radius 2 is 2.55 bits per heavy atom. The highest BCUT2D eigenvalue weighted by Gasteiger charge is 1.98. The molecule has 0 aliphatic carbocycles. The summed E-state index contributed by atoms with van der Waals surface area (Å²) in [6.45, 7) is 0.725. The lowest BCUT2D eigenvalue weighted by atomic mass is 10.4. The SMILES string of the molecule is CNCc1ccnn1CCF. The molecule has 0 atom stereocenters. The third kappa shape index (κ3) is 2.01. The van der Waals surface area contributed by atoms with Crippen LogP contribution in [0.5, 0.6) is 0 Å². The van der Waals surface area contributed by atoms with Crippen LogP contribution >= 0.6 is 0 Å². The molecule has 1 aromatic heterocycles. The van der Waals surface area contributed by atoms with E-state index in [1.54, 1.807) is 10.9 Å². The first-order chi connectivity index (χ1) is 5.38. The van der Waals surface area contributed by atoms with Crippen molar-refractivity contribution in [2.45, 2.75) is 13.1 Å². The fourth-order valence-electron chi connectivity index (χ4n) is 0.973. The number of aryl methyl sites for hydroxylation is 1. The van der Waals surface area contributed by atoms with Crippen molar-refractivity contribution in [2.75, 3.05) is 13.7 Å². The smallest absolute Gasteiger partial charge is 0.109 e. The van der Waals surface area contributed by atoms with Crippen molar-refractivity contribution in [3.05, 3.63) is 18.0 Å². The van der Waals surface area contributed by atoms with Crippen molar-refractivity contribution in [1.82, 2.24) is 15.1 Å². The summed E-state index contributed by atoms with van der Waals surface area (Å²) in [6, 6.07) is 1.88. The van der Waals surface area contributed by atoms with E-state index in [2.05, 4.69) is 10.4 Å². The maximum atomic E-state index is 11.9. The van der Waals surface area contributed by atoms with E-state index in [1.165, 1.54) is 0 Å². The van der Waals surface area contributed by atoms with Crippen molar-refractivity contribution in [3.63, 3.8) is 0 Å². The molecule has 0 aromatic carbocycles. The standard InChI is InChI=1S/C7H12FN3/c1-9-6-7-2-4-10-11(7)5-3-8/h2,4,9H,3,5-6H2,1H3. The number of hydrogen-bond acceptors (Lipinski definition) is 2. The van der Waals surface area contributed by atoms with Gasteiger partial charge in [-0.1, -0.05) is 0 Å². The van der Waals surface area contributed by atoms with Gasteiger partial charge in [0.25, 0.3) is 0 Å². The van der Waals surface area contributed by atoms with Crippen LogP contribution in [0.25, 0.3) is 0 Å². The summed E-state index contributed by atoms with van der Waals surface area (Å²) in [7, 11) is 1.85. The minimum atomic E-state index is -0.363. The molecule has 1 heterocycles. The molecule has 0 aliphatic heterocycles. The van der Waals surface area contributed by atoms with Crippen molar-refractivity contribution in [2.24, 2.45) is 0 Å². The Balaban J connectivity index is 2.62. The molecule has 0 saturated heterocycles. The third-order valence-corrected chi connectivity index (χ3v) is 1.46. The summed E-state index contributed by atoms with van der Waals surface area (Å²) in [6.07, 6.45) is 1.68. The Morgan fingerprint density at radius 3 is 3.18 bits per heavy atom. The molecule has 11 heavy (non-hydrogen) atoms. The van der Waals surface area contributed by atoms with Crippen LogP contribution in [0.3, 0.4) is 0 Å². The average molecular weight is 157 g/mol. The number of nitrogens with zero attached hydrogens (tertiary/aromatic N) is 2. The summed E-state index contributed by atoms with van der Waals surface area (Å²) >= 11 is 0. The van der Waals surface area contributed by atoms with E-state index in [1.807, 2.05) is 13.1 Å². The van der Waals surface area contributed by atoms with Gasteiger partial charge in [0.2, 0.25) is 0 Å². The van der Waals surface area contributed by atoms with Crippen LogP contribution in [0.2, 0.25) is 0 Å². The van der Waals surface area contributed by atoms with Crippen molar-refractivity contribution >= 4 is 0 Å². The molecule has 0 bridgehead atoms. The molecule has 0 unspecified atom stereocenters. The van der Waals surface area contributed by atoms with E-state index in [0.717, 1.165) is 12.2 Å². The van der Waals surface area contributed by atoms with E-state index in [-0.39, 0.29) is 6.67 Å². The van der Waals surface area contributed by atoms with Crippen molar-refractivity contribution in [1.29, 1.82) is 0 Å². The summed E-state index contributed by atoms with van der Waals surface area (Å²) in [5.74, 6) is 0. The van der Waals surface area contributed by atoms with Crippen LogP contribution < -0.4 is 5.32 Å². The lowest BCUT2D eigenvalue weighted by Crippen LogP contribution is -2.12. The molecule has 0 amide bonds. The normalized spacial score (nSPS) is 10.4. The zero-order valence-corrected chi connectivity index (χ0v) is 6.55. The van der Waals surface area contributed by atoms with Crippen molar-refractivity contribution in [3.8, 4) is 0 Å². The van der Waals surface area contributed by atoms with Gasteiger partial charge in [0, 0.05) is 12.7 Å². The second-order valence-corrected chi connectivity index (χ2v) is 2.26. The van der Waals surface area contributed by atoms with Crippen molar-refractivity contribution < 1.29 is 4.39 Å². The van der Waals surface area contributed by atoms with E-state index in [4.69, 9.17) is 0 Å². The lowest BCUT2D eigenvalue weighted by Gasteiger charge is -2.02. The quantitative estimate of drug-likeness (QED) is 0.692. The molecule has 1 N–H and O–H groups in total. The number of alkyl halides is 1. The molecule has 1 aromatic rings. The monoisotopic (exact) mass is 157 g/mol. The Morgan fingerprint density at radius 1 is 1.73 bits per heavy atom. The van der Waals surface area contributed by atoms with Gasteiger partial charge < -0.3 is 5.32 Å². The maximum Gasteiger partial charge on any atom is 0.109 e. The van der Waals surface area contributed by atoms with E-state index in [0.29, 0.717) is 6.54 Å². The van der Waals surface area contributed by atoms with Gasteiger partial charge in [-0.05, 0) is 13.1 Å². The first-order valence-corrected chi connectivity index (χ1v) is 3.59. The van der Waals surface area contributed by atoms with Gasteiger partial charge in [-0.25, -0.2) is 4.39 Å². The minimum Gasteiger partial charge on any atom is -0.314 e. The molecule has 62 valence electrons. The lowest BCUT2D eigenvalue weighted by molar-refractivity contribution is 0.418. The highest BCUT2D eigenvalue weighted by Crippen LogP contribution is 1.97. The minimum absolute atomic E-state index is 0.351. The molecule has 4 heteroatoms. The predicted octanol–water partition coefficient (Wildman–Crippen LogP) is 0.572. The Labute approximate surface area is 65.2 Å². The molecular weight excluding hydrogens is 145 g/mol. The summed E-state index contributed by atoms with van der Waals surface area (Å²) in [5, 5.41) is 6.95. The van der Waals surface area contributed by atoms with Crippen LogP contribution in [-0.2, 0) is 13.1 Å². The van der Waals surface area contributed by atoms with Gasteiger partial charge in [0.05, 0.1) is 12.2 Å². The predicted molar refractivity (Wildman–Crippen MR) is 41.0 cm³/mol. The average Bonchev–Trinajstić information content (AvgIpc) is 2.39. The molecule has 1 rings (SSSR count). The van der Waals surface area contributed by atoms with Crippen LogP contribution in [0.4, 0.5) is 4.39 Å². The number of halogens is 1. The largest absolute Gasteiger partial charge is 0.314 e. The molecule has 0 saturated carbocycles. The van der Waals surface area contributed by atoms with E-state index < -0.39 is 0 Å². The van der Waals surface area contributed by atoms with E-state index in [9.17, 15) is 4.39 Å². The van der Waals surface area contributed by atoms with Gasteiger partial charge in [0.15, 0.2) is 0 Å². The first kappa shape index (κ1) is 8.20. The molecule has 3 nitrogen and oxygen atoms in total. The Kier molecular flexibility index (Phi) is 3.04. The topological polar surface area (TPSA) is 29.9 Å². The fourth-order valence-corrected chi connectivity index (χ4v) is 0.973. The van der Waals surface area contributed by atoms with Crippen LogP contribution in [0.15, 0.2) is 12.3 Å². The molecule has 0 radical (unpaired) electrons. The van der Waals surface area contributed by atoms with Gasteiger partial charge in [0.1, 0.15) is 6.67 Å². The zero-order valence-electron chi connectivity index (χ0n) is 6.55. The Bertz CT molecular complexity index is 189. The van der Waals surface area contributed by atoms with Gasteiger partial charge in [-0.2, -0.15) is 5.10 Å². The molecular formula is C7H12FN3. The van der Waals surface area contributed by atoms with Crippen LogP contribution in [0, 0.1) is 0 Å². The first-order valence-electron chi connectivity index (χ1n) is 3.59. The van der Waals surface area contributed by atoms with Gasteiger partial charge in [-0.15, -0.1) is 0 Å². The summed E-state index contributed by atoms with van der Waals surface area (Å²) < 4.78 is 13.6. The molecule has 0 fully saturated rings. The van der Waals surface area contributed by atoms with Gasteiger partial charge >= 0.3 is 0 Å². The van der Waals surface area contributed by atoms with Crippen LogP contribution in [0.1, 0.15) is 5.69 Å². The Hall–Kier alpha value is -0.900. The highest BCUT2D eigenvalue weighted by atomic mass is 19.1. The third-order valence-electron chi connectivity index (χ3n) is 1.46. The van der Waals surface area contributed by atoms with Gasteiger partial charge in [-0.3, -0.25) is 4.68 Å². The number of rotatable bonds is 4.